The first-order valence-electron chi connectivity index (χ1n) is 4.23. The molecule has 1 aromatic carbocycles. The van der Waals surface area contributed by atoms with Crippen LogP contribution in [-0.2, 0) is 4.79 Å². The predicted octanol–water partition coefficient (Wildman–Crippen LogP) is 1.20. The molecule has 72 valence electrons. The van der Waals surface area contributed by atoms with Crippen LogP contribution in [0.15, 0.2) is 30.5 Å². The van der Waals surface area contributed by atoms with Gasteiger partial charge in [-0.25, -0.2) is 4.79 Å². The molecule has 4 nitrogen and oxygen atoms in total. The Balaban J connectivity index is 2.58. The first-order chi connectivity index (χ1) is 6.68. The molecule has 0 saturated carbocycles. The molecule has 0 fully saturated rings. The van der Waals surface area contributed by atoms with Crippen LogP contribution in [0.1, 0.15) is 6.92 Å². The highest BCUT2D eigenvalue weighted by atomic mass is 16.7. The Bertz CT molecular complexity index is 488. The molecule has 14 heavy (non-hydrogen) atoms. The lowest BCUT2D eigenvalue weighted by atomic mass is 10.2. The molecule has 2 rings (SSSR count). The Labute approximate surface area is 80.8 Å². The van der Waals surface area contributed by atoms with Crippen molar-refractivity contribution < 1.29 is 9.63 Å². The molecule has 0 unspecified atom stereocenters. The lowest BCUT2D eigenvalue weighted by molar-refractivity contribution is -0.140. The Kier molecular flexibility index (Phi) is 1.89. The van der Waals surface area contributed by atoms with Crippen LogP contribution in [0.4, 0.5) is 5.69 Å². The zero-order valence-electron chi connectivity index (χ0n) is 7.73. The molecule has 0 saturated heterocycles. The van der Waals surface area contributed by atoms with Crippen molar-refractivity contribution in [2.75, 3.05) is 5.73 Å². The summed E-state index contributed by atoms with van der Waals surface area (Å²) >= 11 is 0. The summed E-state index contributed by atoms with van der Waals surface area (Å²) in [5.41, 5.74) is 7.21. The summed E-state index contributed by atoms with van der Waals surface area (Å²) in [6.07, 6.45) is 1.67. The maximum Gasteiger partial charge on any atom is 0.329 e. The minimum Gasteiger partial charge on any atom is -0.398 e. The second-order valence-corrected chi connectivity index (χ2v) is 3.00. The van der Waals surface area contributed by atoms with Gasteiger partial charge in [-0.3, -0.25) is 0 Å². The van der Waals surface area contributed by atoms with Crippen LogP contribution in [0, 0.1) is 0 Å². The summed E-state index contributed by atoms with van der Waals surface area (Å²) in [5.74, 6) is -0.357. The molecule has 0 bridgehead atoms. The number of fused-ring (bicyclic) bond motifs is 1. The molecule has 1 heterocycles. The molecule has 0 atom stereocenters. The van der Waals surface area contributed by atoms with Gasteiger partial charge in [0.15, 0.2) is 0 Å². The van der Waals surface area contributed by atoms with Crippen LogP contribution < -0.4 is 10.6 Å². The van der Waals surface area contributed by atoms with E-state index < -0.39 is 0 Å². The van der Waals surface area contributed by atoms with Gasteiger partial charge in [-0.2, -0.15) is 4.73 Å². The molecule has 0 aliphatic carbocycles. The zero-order valence-corrected chi connectivity index (χ0v) is 7.73. The summed E-state index contributed by atoms with van der Waals surface area (Å²) in [6, 6.07) is 7.28. The van der Waals surface area contributed by atoms with E-state index in [2.05, 4.69) is 0 Å². The fourth-order valence-corrected chi connectivity index (χ4v) is 1.38. The number of carbonyl (C=O) groups excluding carboxylic acids is 1. The summed E-state index contributed by atoms with van der Waals surface area (Å²) in [7, 11) is 0. The molecule has 0 amide bonds. The summed E-state index contributed by atoms with van der Waals surface area (Å²) < 4.78 is 1.41. The van der Waals surface area contributed by atoms with Crippen molar-refractivity contribution in [1.82, 2.24) is 4.73 Å². The molecule has 1 aromatic heterocycles. The second kappa shape index (κ2) is 3.06. The number of nitrogens with two attached hydrogens (primary N) is 1. The zero-order chi connectivity index (χ0) is 10.1. The molecule has 2 N–H and O–H groups in total. The minimum absolute atomic E-state index is 0.357. The van der Waals surface area contributed by atoms with Gasteiger partial charge in [-0.15, -0.1) is 0 Å². The monoisotopic (exact) mass is 190 g/mol. The summed E-state index contributed by atoms with van der Waals surface area (Å²) in [5, 5.41) is 0.883. The van der Waals surface area contributed by atoms with Crippen molar-refractivity contribution >= 4 is 22.6 Å². The Hall–Kier alpha value is -1.97. The molecular weight excluding hydrogens is 180 g/mol. The lowest BCUT2D eigenvalue weighted by Gasteiger charge is -2.03. The number of hydrogen-bond donors (Lipinski definition) is 1. The van der Waals surface area contributed by atoms with Crippen LogP contribution >= 0.6 is 0 Å². The smallest absolute Gasteiger partial charge is 0.329 e. The molecule has 0 radical (unpaired) electrons. The van der Waals surface area contributed by atoms with Crippen LogP contribution in [0.2, 0.25) is 0 Å². The third kappa shape index (κ3) is 1.31. The third-order valence-electron chi connectivity index (χ3n) is 1.96. The largest absolute Gasteiger partial charge is 0.398 e. The van der Waals surface area contributed by atoms with Crippen molar-refractivity contribution in [2.24, 2.45) is 0 Å². The average Bonchev–Trinajstić information content (AvgIpc) is 2.49. The Morgan fingerprint density at radius 3 is 2.93 bits per heavy atom. The number of carbonyl (C=O) groups is 1. The number of nitrogens with zero attached hydrogens (tertiary/aromatic N) is 1. The SMILES string of the molecule is CC(=O)On1ccc2c(N)cccc21. The number of anilines is 1. The van der Waals surface area contributed by atoms with Crippen LogP contribution in [0.5, 0.6) is 0 Å². The van der Waals surface area contributed by atoms with Gasteiger partial charge < -0.3 is 10.6 Å². The minimum atomic E-state index is -0.357. The van der Waals surface area contributed by atoms with Gasteiger partial charge in [0.1, 0.15) is 0 Å². The summed E-state index contributed by atoms with van der Waals surface area (Å²) in [4.78, 5) is 15.7. The number of aromatic nitrogens is 1. The highest BCUT2D eigenvalue weighted by Crippen LogP contribution is 2.20. The van der Waals surface area contributed by atoms with E-state index in [9.17, 15) is 4.79 Å². The van der Waals surface area contributed by atoms with Gasteiger partial charge in [0.2, 0.25) is 0 Å². The molecular formula is C10H10N2O2. The number of rotatable bonds is 1. The van der Waals surface area contributed by atoms with Crippen molar-refractivity contribution in [3.05, 3.63) is 30.5 Å². The van der Waals surface area contributed by atoms with Gasteiger partial charge in [-0.1, -0.05) is 6.07 Å². The van der Waals surface area contributed by atoms with E-state index in [1.54, 1.807) is 12.3 Å². The maximum atomic E-state index is 10.8. The van der Waals surface area contributed by atoms with Crippen molar-refractivity contribution in [1.29, 1.82) is 0 Å². The maximum absolute atomic E-state index is 10.8. The van der Waals surface area contributed by atoms with Gasteiger partial charge >= 0.3 is 5.97 Å². The van der Waals surface area contributed by atoms with Crippen LogP contribution in [-0.4, -0.2) is 10.7 Å². The van der Waals surface area contributed by atoms with Crippen LogP contribution in [0.25, 0.3) is 10.9 Å². The third-order valence-corrected chi connectivity index (χ3v) is 1.96. The lowest BCUT2D eigenvalue weighted by Crippen LogP contribution is -2.14. The Morgan fingerprint density at radius 2 is 2.21 bits per heavy atom. The fraction of sp³-hybridized carbons (Fsp3) is 0.100. The van der Waals surface area contributed by atoms with E-state index in [1.165, 1.54) is 11.7 Å². The number of nitrogen functional groups attached to an aromatic ring is 1. The van der Waals surface area contributed by atoms with Crippen LogP contribution in [0.3, 0.4) is 0 Å². The highest BCUT2D eigenvalue weighted by Gasteiger charge is 2.04. The summed E-state index contributed by atoms with van der Waals surface area (Å²) in [6.45, 7) is 1.36. The van der Waals surface area contributed by atoms with Gasteiger partial charge in [-0.05, 0) is 18.2 Å². The van der Waals surface area contributed by atoms with Gasteiger partial charge in [0.05, 0.1) is 5.52 Å². The van der Waals surface area contributed by atoms with Crippen molar-refractivity contribution in [2.45, 2.75) is 6.92 Å². The van der Waals surface area contributed by atoms with Crippen molar-refractivity contribution in [3.63, 3.8) is 0 Å². The predicted molar refractivity (Wildman–Crippen MR) is 53.6 cm³/mol. The topological polar surface area (TPSA) is 57.2 Å². The fourth-order valence-electron chi connectivity index (χ4n) is 1.38. The van der Waals surface area contributed by atoms with Gasteiger partial charge in [0.25, 0.3) is 0 Å². The molecule has 0 aliphatic rings. The first-order valence-corrected chi connectivity index (χ1v) is 4.23. The quantitative estimate of drug-likeness (QED) is 0.687. The Morgan fingerprint density at radius 1 is 1.43 bits per heavy atom. The van der Waals surface area contributed by atoms with E-state index in [-0.39, 0.29) is 5.97 Å². The highest BCUT2D eigenvalue weighted by molar-refractivity contribution is 5.91. The van der Waals surface area contributed by atoms with Crippen molar-refractivity contribution in [3.8, 4) is 0 Å². The van der Waals surface area contributed by atoms with E-state index >= 15 is 0 Å². The second-order valence-electron chi connectivity index (χ2n) is 3.00. The number of hydrogen-bond acceptors (Lipinski definition) is 3. The standard InChI is InChI=1S/C10H10N2O2/c1-7(13)14-12-6-5-8-9(11)3-2-4-10(8)12/h2-6H,11H2,1H3. The molecule has 0 spiro atoms. The normalized spacial score (nSPS) is 10.4. The van der Waals surface area contributed by atoms with E-state index in [0.29, 0.717) is 5.69 Å². The first kappa shape index (κ1) is 8.62. The average molecular weight is 190 g/mol. The number of benzene rings is 1. The molecule has 2 aromatic rings. The van der Waals surface area contributed by atoms with E-state index in [1.807, 2.05) is 18.2 Å². The van der Waals surface area contributed by atoms with E-state index in [4.69, 9.17) is 10.6 Å². The molecule has 0 aliphatic heterocycles. The molecule has 4 heteroatoms. The van der Waals surface area contributed by atoms with Gasteiger partial charge in [0, 0.05) is 24.2 Å². The van der Waals surface area contributed by atoms with E-state index in [0.717, 1.165) is 10.9 Å².